The van der Waals surface area contributed by atoms with Gasteiger partial charge in [0.05, 0.1) is 27.8 Å². The van der Waals surface area contributed by atoms with Crippen molar-refractivity contribution in [1.29, 1.82) is 0 Å². The van der Waals surface area contributed by atoms with Gasteiger partial charge in [-0.25, -0.2) is 4.98 Å². The van der Waals surface area contributed by atoms with Crippen LogP contribution in [0.25, 0.3) is 88.6 Å². The van der Waals surface area contributed by atoms with Crippen molar-refractivity contribution in [2.45, 2.75) is 0 Å². The molecule has 10 aromatic rings. The van der Waals surface area contributed by atoms with Crippen molar-refractivity contribution in [2.75, 3.05) is 0 Å². The summed E-state index contributed by atoms with van der Waals surface area (Å²) in [5, 5.41) is 4.90. The van der Waals surface area contributed by atoms with Crippen LogP contribution in [0.15, 0.2) is 188 Å². The normalized spacial score (nSPS) is 11.6. The van der Waals surface area contributed by atoms with Gasteiger partial charge in [-0.2, -0.15) is 0 Å². The van der Waals surface area contributed by atoms with Gasteiger partial charge < -0.3 is 4.57 Å². The molecule has 3 aromatic heterocycles. The molecular weight excluding hydrogens is 607 g/mol. The number of rotatable bonds is 5. The first-order chi connectivity index (χ1) is 24.8. The van der Waals surface area contributed by atoms with Gasteiger partial charge in [0.2, 0.25) is 0 Å². The minimum Gasteiger partial charge on any atom is -0.309 e. The number of fused-ring (bicyclic) bond motifs is 6. The van der Waals surface area contributed by atoms with Crippen molar-refractivity contribution in [3.8, 4) is 45.0 Å². The fourth-order valence-electron chi connectivity index (χ4n) is 7.60. The Balaban J connectivity index is 1.07. The summed E-state index contributed by atoms with van der Waals surface area (Å²) in [7, 11) is 0. The van der Waals surface area contributed by atoms with Crippen molar-refractivity contribution < 1.29 is 0 Å². The van der Waals surface area contributed by atoms with Crippen LogP contribution in [0, 0.1) is 0 Å². The van der Waals surface area contributed by atoms with E-state index in [1.54, 1.807) is 0 Å². The molecule has 0 saturated heterocycles. The summed E-state index contributed by atoms with van der Waals surface area (Å²) in [5.41, 5.74) is 12.7. The number of pyridine rings is 1. The maximum atomic E-state index is 5.26. The number of aromatic nitrogens is 3. The van der Waals surface area contributed by atoms with Crippen molar-refractivity contribution in [3.63, 3.8) is 0 Å². The highest BCUT2D eigenvalue weighted by Gasteiger charge is 2.16. The van der Waals surface area contributed by atoms with Crippen LogP contribution in [0.3, 0.4) is 0 Å². The third kappa shape index (κ3) is 4.56. The van der Waals surface area contributed by atoms with Crippen LogP contribution in [0.5, 0.6) is 0 Å². The van der Waals surface area contributed by atoms with Gasteiger partial charge in [-0.1, -0.05) is 133 Å². The lowest BCUT2D eigenvalue weighted by Crippen LogP contribution is -1.98. The average Bonchev–Trinajstić information content (AvgIpc) is 3.71. The topological polar surface area (TPSA) is 22.8 Å². The molecule has 10 rings (SSSR count). The van der Waals surface area contributed by atoms with E-state index in [4.69, 9.17) is 4.98 Å². The van der Waals surface area contributed by atoms with E-state index in [1.165, 1.54) is 54.8 Å². The third-order valence-corrected chi connectivity index (χ3v) is 9.94. The molecule has 0 saturated carbocycles. The number of hydrogen-bond donors (Lipinski definition) is 0. The molecule has 234 valence electrons. The summed E-state index contributed by atoms with van der Waals surface area (Å²) >= 11 is 0. The molecule has 0 N–H and O–H groups in total. The minimum absolute atomic E-state index is 0.913. The van der Waals surface area contributed by atoms with Crippen LogP contribution in [-0.2, 0) is 0 Å². The molecule has 3 heterocycles. The molecule has 3 heteroatoms. The molecule has 0 amide bonds. The second-order valence-corrected chi connectivity index (χ2v) is 12.8. The zero-order valence-corrected chi connectivity index (χ0v) is 27.2. The summed E-state index contributed by atoms with van der Waals surface area (Å²) < 4.78 is 4.67. The molecule has 0 aliphatic carbocycles. The summed E-state index contributed by atoms with van der Waals surface area (Å²) in [6.45, 7) is 0. The Morgan fingerprint density at radius 2 is 0.800 bits per heavy atom. The van der Waals surface area contributed by atoms with Gasteiger partial charge in [0.1, 0.15) is 5.82 Å². The Labute approximate surface area is 290 Å². The smallest absolute Gasteiger partial charge is 0.138 e. The molecule has 0 aliphatic heterocycles. The summed E-state index contributed by atoms with van der Waals surface area (Å²) in [5.74, 6) is 0.913. The first-order valence-corrected chi connectivity index (χ1v) is 17.1. The van der Waals surface area contributed by atoms with Crippen LogP contribution in [0.2, 0.25) is 0 Å². The first kappa shape index (κ1) is 28.3. The monoisotopic (exact) mass is 637 g/mol. The van der Waals surface area contributed by atoms with E-state index in [1.807, 2.05) is 0 Å². The first-order valence-electron chi connectivity index (χ1n) is 17.1. The molecule has 0 radical (unpaired) electrons. The van der Waals surface area contributed by atoms with Gasteiger partial charge in [0.15, 0.2) is 0 Å². The summed E-state index contributed by atoms with van der Waals surface area (Å²) in [4.78, 5) is 5.26. The fraction of sp³-hybridized carbons (Fsp3) is 0. The largest absolute Gasteiger partial charge is 0.309 e. The van der Waals surface area contributed by atoms with E-state index in [0.717, 1.165) is 33.8 Å². The van der Waals surface area contributed by atoms with Crippen molar-refractivity contribution in [3.05, 3.63) is 188 Å². The Morgan fingerprint density at radius 1 is 0.300 bits per heavy atom. The minimum atomic E-state index is 0.913. The van der Waals surface area contributed by atoms with E-state index in [-0.39, 0.29) is 0 Å². The highest BCUT2D eigenvalue weighted by Crippen LogP contribution is 2.37. The molecule has 0 bridgehead atoms. The van der Waals surface area contributed by atoms with Crippen LogP contribution in [0.4, 0.5) is 0 Å². The summed E-state index contributed by atoms with van der Waals surface area (Å²) in [6, 6.07) is 67.2. The third-order valence-electron chi connectivity index (χ3n) is 9.94. The number of nitrogens with zero attached hydrogens (tertiary/aromatic N) is 3. The zero-order chi connectivity index (χ0) is 33.0. The van der Waals surface area contributed by atoms with Crippen LogP contribution in [0.1, 0.15) is 0 Å². The van der Waals surface area contributed by atoms with Gasteiger partial charge in [-0.05, 0) is 76.9 Å². The average molecular weight is 638 g/mol. The standard InChI is InChI=1S/C47H31N3/c1-2-12-32(13-3-1)33-24-26-34(27-25-33)35-14-10-15-37(30-35)49-43-20-7-6-18-40(43)41-31-36(28-29-46(41)49)42-19-11-23-47(48-42)50-44-21-8-4-16-38(44)39-17-5-9-22-45(39)50/h1-31H. The molecule has 7 aromatic carbocycles. The maximum absolute atomic E-state index is 5.26. The lowest BCUT2D eigenvalue weighted by molar-refractivity contribution is 1.08. The van der Waals surface area contributed by atoms with Crippen molar-refractivity contribution in [2.24, 2.45) is 0 Å². The zero-order valence-electron chi connectivity index (χ0n) is 27.2. The van der Waals surface area contributed by atoms with Gasteiger partial charge in [-0.15, -0.1) is 0 Å². The highest BCUT2D eigenvalue weighted by atomic mass is 15.1. The Bertz CT molecular complexity index is 2800. The molecule has 0 aliphatic rings. The second-order valence-electron chi connectivity index (χ2n) is 12.8. The molecule has 0 unspecified atom stereocenters. The second kappa shape index (κ2) is 11.5. The lowest BCUT2D eigenvalue weighted by Gasteiger charge is -2.11. The maximum Gasteiger partial charge on any atom is 0.138 e. The Hall–Kier alpha value is -6.71. The molecule has 0 atom stereocenters. The van der Waals surface area contributed by atoms with Crippen molar-refractivity contribution in [1.82, 2.24) is 14.1 Å². The number of para-hydroxylation sites is 3. The van der Waals surface area contributed by atoms with Gasteiger partial charge in [-0.3, -0.25) is 4.57 Å². The van der Waals surface area contributed by atoms with Gasteiger partial charge in [0.25, 0.3) is 0 Å². The van der Waals surface area contributed by atoms with Crippen LogP contribution < -0.4 is 0 Å². The molecule has 0 fully saturated rings. The molecular formula is C47H31N3. The van der Waals surface area contributed by atoms with Crippen molar-refractivity contribution >= 4 is 43.6 Å². The SMILES string of the molecule is c1ccc(-c2ccc(-c3cccc(-n4c5ccccc5c5cc(-c6cccc(-n7c8ccccc8c8ccccc87)n6)ccc54)c3)cc2)cc1. The predicted molar refractivity (Wildman–Crippen MR) is 209 cm³/mol. The molecule has 3 nitrogen and oxygen atoms in total. The van der Waals surface area contributed by atoms with E-state index < -0.39 is 0 Å². The predicted octanol–water partition coefficient (Wildman–Crippen LogP) is 12.3. The van der Waals surface area contributed by atoms with E-state index in [0.29, 0.717) is 0 Å². The summed E-state index contributed by atoms with van der Waals surface area (Å²) in [6.07, 6.45) is 0. The van der Waals surface area contributed by atoms with E-state index >= 15 is 0 Å². The Morgan fingerprint density at radius 3 is 1.50 bits per heavy atom. The van der Waals surface area contributed by atoms with E-state index in [2.05, 4.69) is 197 Å². The van der Waals surface area contributed by atoms with Gasteiger partial charge >= 0.3 is 0 Å². The Kier molecular flexibility index (Phi) is 6.49. The number of benzene rings is 7. The molecule has 50 heavy (non-hydrogen) atoms. The quantitative estimate of drug-likeness (QED) is 0.184. The molecule has 0 spiro atoms. The van der Waals surface area contributed by atoms with E-state index in [9.17, 15) is 0 Å². The lowest BCUT2D eigenvalue weighted by atomic mass is 10.00. The van der Waals surface area contributed by atoms with Crippen LogP contribution >= 0.6 is 0 Å². The van der Waals surface area contributed by atoms with Gasteiger partial charge in [0, 0.05) is 32.8 Å². The van der Waals surface area contributed by atoms with Crippen LogP contribution in [-0.4, -0.2) is 14.1 Å². The highest BCUT2D eigenvalue weighted by molar-refractivity contribution is 6.11. The fourth-order valence-corrected chi connectivity index (χ4v) is 7.60. The number of hydrogen-bond acceptors (Lipinski definition) is 1.